The van der Waals surface area contributed by atoms with E-state index in [0.717, 1.165) is 16.2 Å². The van der Waals surface area contributed by atoms with Crippen molar-refractivity contribution >= 4 is 23.5 Å². The molecule has 0 saturated carbocycles. The molecule has 0 radical (unpaired) electrons. The first-order valence-corrected chi connectivity index (χ1v) is 9.04. The molecule has 3 N–H and O–H groups in total. The second kappa shape index (κ2) is 6.36. The molecule has 1 spiro atoms. The summed E-state index contributed by atoms with van der Waals surface area (Å²) < 4.78 is 1.82. The van der Waals surface area contributed by atoms with Gasteiger partial charge in [0, 0.05) is 38.7 Å². The number of para-hydroxylation sites is 1. The van der Waals surface area contributed by atoms with Gasteiger partial charge in [0.1, 0.15) is 23.8 Å². The highest BCUT2D eigenvalue weighted by Crippen LogP contribution is 2.54. The second-order valence-electron chi connectivity index (χ2n) is 7.30. The summed E-state index contributed by atoms with van der Waals surface area (Å²) in [6.07, 6.45) is 3.91. The van der Waals surface area contributed by atoms with Crippen LogP contribution >= 0.6 is 0 Å². The standard InChI is InChI=1S/C19H22N6O3/c1-23-10-8-21-16(23)15-19(12-5-3-4-6-13(12)22-17(19)27)7-9-25(15)14(26)11-24(2)18(20)28/h3-6,8,10,15H,7,9,11H2,1-2H3,(H2,20,28)(H,22,27). The number of anilines is 1. The first-order chi connectivity index (χ1) is 13.4. The number of nitrogens with one attached hydrogen (secondary N) is 1. The monoisotopic (exact) mass is 382 g/mol. The van der Waals surface area contributed by atoms with Gasteiger partial charge < -0.3 is 25.4 Å². The molecule has 2 atom stereocenters. The minimum absolute atomic E-state index is 0.139. The molecule has 4 amide bonds. The Hall–Kier alpha value is -3.36. The summed E-state index contributed by atoms with van der Waals surface area (Å²) in [5.41, 5.74) is 5.98. The lowest BCUT2D eigenvalue weighted by Gasteiger charge is -2.34. The van der Waals surface area contributed by atoms with E-state index in [4.69, 9.17) is 5.73 Å². The van der Waals surface area contributed by atoms with Crippen molar-refractivity contribution in [1.29, 1.82) is 0 Å². The molecule has 1 saturated heterocycles. The van der Waals surface area contributed by atoms with Gasteiger partial charge in [0.25, 0.3) is 0 Å². The molecular formula is C19H22N6O3. The van der Waals surface area contributed by atoms with E-state index in [1.54, 1.807) is 17.3 Å². The SMILES string of the molecule is CN(CC(=O)N1CCC2(C(=O)Nc3ccccc32)C1c1nccn1C)C(N)=O. The number of rotatable bonds is 3. The van der Waals surface area contributed by atoms with E-state index in [1.165, 1.54) is 7.05 Å². The number of fused-ring (bicyclic) bond motifs is 2. The fourth-order valence-corrected chi connectivity index (χ4v) is 4.33. The number of carbonyl (C=O) groups excluding carboxylic acids is 3. The molecule has 4 rings (SSSR count). The highest BCUT2D eigenvalue weighted by Gasteiger charge is 2.60. The van der Waals surface area contributed by atoms with Crippen LogP contribution in [0, 0.1) is 0 Å². The minimum atomic E-state index is -0.920. The predicted octanol–water partition coefficient (Wildman–Crippen LogP) is 0.594. The molecule has 28 heavy (non-hydrogen) atoms. The normalized spacial score (nSPS) is 23.0. The number of urea groups is 1. The lowest BCUT2D eigenvalue weighted by Crippen LogP contribution is -2.47. The van der Waals surface area contributed by atoms with Gasteiger partial charge in [-0.05, 0) is 18.1 Å². The van der Waals surface area contributed by atoms with E-state index in [1.807, 2.05) is 35.9 Å². The molecule has 9 nitrogen and oxygen atoms in total. The van der Waals surface area contributed by atoms with E-state index < -0.39 is 17.5 Å². The van der Waals surface area contributed by atoms with Crippen LogP contribution < -0.4 is 11.1 Å². The van der Waals surface area contributed by atoms with Gasteiger partial charge in [0.05, 0.1) is 0 Å². The summed E-state index contributed by atoms with van der Waals surface area (Å²) >= 11 is 0. The van der Waals surface area contributed by atoms with E-state index in [-0.39, 0.29) is 18.4 Å². The number of aryl methyl sites for hydroxylation is 1. The van der Waals surface area contributed by atoms with Gasteiger partial charge in [-0.25, -0.2) is 9.78 Å². The number of aromatic nitrogens is 2. The van der Waals surface area contributed by atoms with Gasteiger partial charge in [-0.15, -0.1) is 0 Å². The number of nitrogens with zero attached hydrogens (tertiary/aromatic N) is 4. The van der Waals surface area contributed by atoms with E-state index >= 15 is 0 Å². The van der Waals surface area contributed by atoms with Crippen LogP contribution in [0.1, 0.15) is 23.9 Å². The van der Waals surface area contributed by atoms with Crippen LogP contribution in [-0.4, -0.2) is 57.3 Å². The van der Waals surface area contributed by atoms with E-state index in [0.29, 0.717) is 18.8 Å². The van der Waals surface area contributed by atoms with Gasteiger partial charge in [-0.1, -0.05) is 18.2 Å². The Kier molecular flexibility index (Phi) is 4.10. The lowest BCUT2D eigenvalue weighted by molar-refractivity contribution is -0.134. The zero-order chi connectivity index (χ0) is 20.1. The highest BCUT2D eigenvalue weighted by molar-refractivity contribution is 6.07. The van der Waals surface area contributed by atoms with Crippen molar-refractivity contribution in [3.05, 3.63) is 48.0 Å². The number of likely N-dealkylation sites (N-methyl/N-ethyl adjacent to an activating group) is 1. The molecule has 2 aliphatic rings. The third kappa shape index (κ3) is 2.46. The van der Waals surface area contributed by atoms with Crippen LogP contribution in [0.4, 0.5) is 10.5 Å². The number of hydrogen-bond acceptors (Lipinski definition) is 4. The molecule has 1 aromatic heterocycles. The molecule has 9 heteroatoms. The number of likely N-dealkylation sites (tertiary alicyclic amines) is 1. The smallest absolute Gasteiger partial charge is 0.314 e. The minimum Gasteiger partial charge on any atom is -0.351 e. The van der Waals surface area contributed by atoms with Crippen LogP contribution in [0.3, 0.4) is 0 Å². The first-order valence-electron chi connectivity index (χ1n) is 9.04. The zero-order valence-corrected chi connectivity index (χ0v) is 15.8. The average molecular weight is 382 g/mol. The Morgan fingerprint density at radius 2 is 2.14 bits per heavy atom. The molecular weight excluding hydrogens is 360 g/mol. The summed E-state index contributed by atoms with van der Waals surface area (Å²) in [6.45, 7) is 0.223. The van der Waals surface area contributed by atoms with Gasteiger partial charge >= 0.3 is 6.03 Å². The summed E-state index contributed by atoms with van der Waals surface area (Å²) in [5, 5.41) is 2.96. The van der Waals surface area contributed by atoms with Crippen LogP contribution in [0.15, 0.2) is 36.7 Å². The van der Waals surface area contributed by atoms with Crippen LogP contribution in [0.25, 0.3) is 0 Å². The van der Waals surface area contributed by atoms with Crippen LogP contribution in [0.2, 0.25) is 0 Å². The maximum Gasteiger partial charge on any atom is 0.314 e. The molecule has 146 valence electrons. The molecule has 1 aromatic carbocycles. The summed E-state index contributed by atoms with van der Waals surface area (Å²) in [5.74, 6) is 0.211. The first kappa shape index (κ1) is 18.0. The molecule has 2 aromatic rings. The molecule has 2 aliphatic heterocycles. The number of nitrogens with two attached hydrogens (primary N) is 1. The van der Waals surface area contributed by atoms with Crippen molar-refractivity contribution in [2.24, 2.45) is 12.8 Å². The molecule has 0 aliphatic carbocycles. The van der Waals surface area contributed by atoms with Crippen molar-refractivity contribution in [2.45, 2.75) is 17.9 Å². The summed E-state index contributed by atoms with van der Waals surface area (Å²) in [7, 11) is 3.31. The molecule has 1 fully saturated rings. The van der Waals surface area contributed by atoms with Crippen molar-refractivity contribution < 1.29 is 14.4 Å². The quantitative estimate of drug-likeness (QED) is 0.809. The molecule has 0 bridgehead atoms. The summed E-state index contributed by atoms with van der Waals surface area (Å²) in [6, 6.07) is 6.29. The Morgan fingerprint density at radius 3 is 2.82 bits per heavy atom. The van der Waals surface area contributed by atoms with Gasteiger partial charge in [0.2, 0.25) is 11.8 Å². The van der Waals surface area contributed by atoms with Gasteiger partial charge in [-0.3, -0.25) is 9.59 Å². The van der Waals surface area contributed by atoms with Crippen molar-refractivity contribution in [3.63, 3.8) is 0 Å². The maximum atomic E-state index is 13.2. The molecule has 2 unspecified atom stereocenters. The highest BCUT2D eigenvalue weighted by atomic mass is 16.2. The van der Waals surface area contributed by atoms with Crippen molar-refractivity contribution in [3.8, 4) is 0 Å². The fraction of sp³-hybridized carbons (Fsp3) is 0.368. The topological polar surface area (TPSA) is 114 Å². The Morgan fingerprint density at radius 1 is 1.39 bits per heavy atom. The maximum absolute atomic E-state index is 13.2. The number of carbonyl (C=O) groups is 3. The van der Waals surface area contributed by atoms with Crippen LogP contribution in [0.5, 0.6) is 0 Å². The lowest BCUT2D eigenvalue weighted by atomic mass is 9.74. The second-order valence-corrected chi connectivity index (χ2v) is 7.30. The van der Waals surface area contributed by atoms with E-state index in [9.17, 15) is 14.4 Å². The predicted molar refractivity (Wildman–Crippen MR) is 101 cm³/mol. The van der Waals surface area contributed by atoms with Crippen molar-refractivity contribution in [2.75, 3.05) is 25.5 Å². The Bertz CT molecular complexity index is 970. The third-order valence-electron chi connectivity index (χ3n) is 5.76. The van der Waals surface area contributed by atoms with E-state index in [2.05, 4.69) is 10.3 Å². The number of imidazole rings is 1. The number of hydrogen-bond donors (Lipinski definition) is 2. The molecule has 3 heterocycles. The van der Waals surface area contributed by atoms with Crippen LogP contribution in [-0.2, 0) is 22.1 Å². The Labute approximate surface area is 162 Å². The largest absolute Gasteiger partial charge is 0.351 e. The fourth-order valence-electron chi connectivity index (χ4n) is 4.33. The zero-order valence-electron chi connectivity index (χ0n) is 15.8. The van der Waals surface area contributed by atoms with Gasteiger partial charge in [-0.2, -0.15) is 0 Å². The average Bonchev–Trinajstić information content (AvgIpc) is 3.32. The number of primary amides is 1. The summed E-state index contributed by atoms with van der Waals surface area (Å²) in [4.78, 5) is 44.9. The third-order valence-corrected chi connectivity index (χ3v) is 5.76. The Balaban J connectivity index is 1.81. The van der Waals surface area contributed by atoms with Crippen molar-refractivity contribution in [1.82, 2.24) is 19.4 Å². The van der Waals surface area contributed by atoms with Gasteiger partial charge in [0.15, 0.2) is 0 Å². The number of amides is 4. The number of benzene rings is 1.